The Labute approximate surface area is 177 Å². The van der Waals surface area contributed by atoms with Crippen LogP contribution in [0.5, 0.6) is 0 Å². The van der Waals surface area contributed by atoms with Gasteiger partial charge in [-0.15, -0.1) is 0 Å². The van der Waals surface area contributed by atoms with Gasteiger partial charge in [0.1, 0.15) is 0 Å². The van der Waals surface area contributed by atoms with E-state index >= 15 is 0 Å². The van der Waals surface area contributed by atoms with Gasteiger partial charge in [-0.25, -0.2) is 4.79 Å². The average molecular weight is 401 g/mol. The van der Waals surface area contributed by atoms with Gasteiger partial charge in [-0.2, -0.15) is 0 Å². The summed E-state index contributed by atoms with van der Waals surface area (Å²) in [5.41, 5.74) is 1.43. The fourth-order valence-electron chi connectivity index (χ4n) is 9.92. The van der Waals surface area contributed by atoms with Crippen LogP contribution in [0.15, 0.2) is 12.2 Å². The Balaban J connectivity index is 1.41. The highest BCUT2D eigenvalue weighted by Gasteiger charge is 2.77. The molecule has 5 saturated carbocycles. The maximum atomic E-state index is 11.6. The summed E-state index contributed by atoms with van der Waals surface area (Å²) < 4.78 is 11.0. The molecule has 0 bridgehead atoms. The van der Waals surface area contributed by atoms with Crippen LogP contribution in [-0.4, -0.2) is 26.3 Å². The van der Waals surface area contributed by atoms with Crippen LogP contribution in [-0.2, 0) is 14.3 Å². The summed E-state index contributed by atoms with van der Waals surface area (Å²) >= 11 is 0. The lowest BCUT2D eigenvalue weighted by Gasteiger charge is -2.61. The van der Waals surface area contributed by atoms with Crippen molar-refractivity contribution in [2.45, 2.75) is 78.2 Å². The topological polar surface area (TPSA) is 35.5 Å². The maximum Gasteiger partial charge on any atom is 0.330 e. The van der Waals surface area contributed by atoms with Gasteiger partial charge >= 0.3 is 5.97 Å². The molecule has 3 nitrogen and oxygen atoms in total. The van der Waals surface area contributed by atoms with Crippen LogP contribution < -0.4 is 0 Å². The second-order valence-corrected chi connectivity index (χ2v) is 11.7. The van der Waals surface area contributed by atoms with Crippen molar-refractivity contribution in [1.82, 2.24) is 0 Å². The maximum absolute atomic E-state index is 11.6. The molecule has 162 valence electrons. The van der Waals surface area contributed by atoms with E-state index in [1.165, 1.54) is 58.5 Å². The molecule has 5 aliphatic rings. The monoisotopic (exact) mass is 400 g/mol. The number of hydrogen-bond donors (Lipinski definition) is 0. The second-order valence-electron chi connectivity index (χ2n) is 11.7. The normalized spacial score (nSPS) is 53.7. The second kappa shape index (κ2) is 6.58. The van der Waals surface area contributed by atoms with E-state index in [9.17, 15) is 4.79 Å². The van der Waals surface area contributed by atoms with Crippen molar-refractivity contribution >= 4 is 5.97 Å². The molecule has 3 heteroatoms. The third-order valence-electron chi connectivity index (χ3n) is 11.3. The molecule has 0 aromatic heterocycles. The first-order valence-electron chi connectivity index (χ1n) is 12.1. The number of carbonyl (C=O) groups excluding carboxylic acids is 1. The van der Waals surface area contributed by atoms with Gasteiger partial charge in [0.25, 0.3) is 0 Å². The molecule has 0 aromatic rings. The van der Waals surface area contributed by atoms with Crippen molar-refractivity contribution in [3.63, 3.8) is 0 Å². The molecule has 5 aliphatic carbocycles. The zero-order valence-corrected chi connectivity index (χ0v) is 19.1. The minimum absolute atomic E-state index is 0.228. The summed E-state index contributed by atoms with van der Waals surface area (Å²) in [6, 6.07) is 0. The first kappa shape index (κ1) is 20.1. The Kier molecular flexibility index (Phi) is 4.56. The molecule has 0 heterocycles. The number of methoxy groups -OCH3 is 2. The highest BCUT2D eigenvalue weighted by molar-refractivity contribution is 5.81. The molecule has 5 rings (SSSR count). The Morgan fingerprint density at radius 1 is 1.07 bits per heavy atom. The molecule has 29 heavy (non-hydrogen) atoms. The van der Waals surface area contributed by atoms with E-state index in [4.69, 9.17) is 9.47 Å². The van der Waals surface area contributed by atoms with E-state index in [1.54, 1.807) is 6.08 Å². The van der Waals surface area contributed by atoms with Crippen molar-refractivity contribution in [2.75, 3.05) is 14.2 Å². The molecule has 1 spiro atoms. The van der Waals surface area contributed by atoms with Crippen LogP contribution in [0, 0.1) is 51.8 Å². The number of rotatable bonds is 4. The van der Waals surface area contributed by atoms with Crippen LogP contribution in [0.25, 0.3) is 0 Å². The molecule has 1 unspecified atom stereocenters. The molecule has 10 atom stereocenters. The first-order chi connectivity index (χ1) is 13.8. The standard InChI is InChI=1S/C26H40O3/c1-16(6-9-23(27)29-5)19-7-8-20-18-14-22(28-4)26-15-17(26)10-13-25(26,3)21(18)11-12-24(19,20)2/h6,9,16-22H,7-8,10-15H2,1-5H3/b9-6+/t16-,17+,18+,19-,20+,21+,22-,24-,25-,26?/m1/s1. The third kappa shape index (κ3) is 2.49. The molecular formula is C26H40O3. The lowest BCUT2D eigenvalue weighted by atomic mass is 9.45. The molecule has 0 radical (unpaired) electrons. The number of ether oxygens (including phenoxy) is 2. The Morgan fingerprint density at radius 3 is 2.55 bits per heavy atom. The van der Waals surface area contributed by atoms with Gasteiger partial charge in [0, 0.05) is 18.6 Å². The zero-order valence-electron chi connectivity index (χ0n) is 19.1. The van der Waals surface area contributed by atoms with Crippen molar-refractivity contribution < 1.29 is 14.3 Å². The van der Waals surface area contributed by atoms with Gasteiger partial charge in [0.05, 0.1) is 13.2 Å². The van der Waals surface area contributed by atoms with E-state index in [0.717, 1.165) is 23.7 Å². The van der Waals surface area contributed by atoms with Gasteiger partial charge in [-0.05, 0) is 97.7 Å². The number of allylic oxidation sites excluding steroid dienone is 1. The molecule has 0 N–H and O–H groups in total. The smallest absolute Gasteiger partial charge is 0.330 e. The molecular weight excluding hydrogens is 360 g/mol. The summed E-state index contributed by atoms with van der Waals surface area (Å²) in [6.45, 7) is 7.54. The van der Waals surface area contributed by atoms with Crippen molar-refractivity contribution in [3.8, 4) is 0 Å². The van der Waals surface area contributed by atoms with Gasteiger partial charge in [-0.3, -0.25) is 0 Å². The van der Waals surface area contributed by atoms with Crippen molar-refractivity contribution in [3.05, 3.63) is 12.2 Å². The fraction of sp³-hybridized carbons (Fsp3) is 0.885. The van der Waals surface area contributed by atoms with Gasteiger partial charge < -0.3 is 9.47 Å². The average Bonchev–Trinajstić information content (AvgIpc) is 3.22. The van der Waals surface area contributed by atoms with E-state index in [2.05, 4.69) is 26.8 Å². The minimum atomic E-state index is -0.228. The van der Waals surface area contributed by atoms with Gasteiger partial charge in [0.15, 0.2) is 0 Å². The van der Waals surface area contributed by atoms with Crippen LogP contribution in [0.2, 0.25) is 0 Å². The largest absolute Gasteiger partial charge is 0.466 e. The number of fused-ring (bicyclic) bond motifs is 4. The van der Waals surface area contributed by atoms with E-state index in [0.29, 0.717) is 34.2 Å². The molecule has 0 aliphatic heterocycles. The summed E-state index contributed by atoms with van der Waals surface area (Å²) in [6.07, 6.45) is 15.3. The Bertz CT molecular complexity index is 715. The number of carbonyl (C=O) groups is 1. The quantitative estimate of drug-likeness (QED) is 0.453. The third-order valence-corrected chi connectivity index (χ3v) is 11.3. The predicted molar refractivity (Wildman–Crippen MR) is 114 cm³/mol. The molecule has 5 fully saturated rings. The SMILES string of the molecule is COC(=O)/C=C/[C@@H](C)[C@H]1CC[C@H]2[C@@H]3C[C@@H](OC)C45C[C@@H]4CC[C@]5(C)[C@H]3CC[C@]12C. The van der Waals surface area contributed by atoms with Crippen LogP contribution in [0.3, 0.4) is 0 Å². The van der Waals surface area contributed by atoms with E-state index in [1.807, 2.05) is 7.11 Å². The van der Waals surface area contributed by atoms with Gasteiger partial charge in [-0.1, -0.05) is 26.8 Å². The highest BCUT2D eigenvalue weighted by Crippen LogP contribution is 2.82. The first-order valence-corrected chi connectivity index (χ1v) is 12.1. The van der Waals surface area contributed by atoms with Crippen LogP contribution >= 0.6 is 0 Å². The van der Waals surface area contributed by atoms with Crippen molar-refractivity contribution in [2.24, 2.45) is 51.8 Å². The van der Waals surface area contributed by atoms with Crippen molar-refractivity contribution in [1.29, 1.82) is 0 Å². The molecule has 0 amide bonds. The summed E-state index contributed by atoms with van der Waals surface area (Å²) in [7, 11) is 3.44. The summed E-state index contributed by atoms with van der Waals surface area (Å²) in [5.74, 6) is 4.39. The lowest BCUT2D eigenvalue weighted by molar-refractivity contribution is -0.160. The van der Waals surface area contributed by atoms with Crippen LogP contribution in [0.4, 0.5) is 0 Å². The predicted octanol–water partition coefficient (Wildman–Crippen LogP) is 5.64. The summed E-state index contributed by atoms with van der Waals surface area (Å²) in [4.78, 5) is 11.6. The van der Waals surface area contributed by atoms with Gasteiger partial charge in [0.2, 0.25) is 0 Å². The lowest BCUT2D eigenvalue weighted by Crippen LogP contribution is -2.57. The molecule has 0 saturated heterocycles. The van der Waals surface area contributed by atoms with E-state index < -0.39 is 0 Å². The fourth-order valence-corrected chi connectivity index (χ4v) is 9.92. The number of esters is 1. The molecule has 0 aromatic carbocycles. The van der Waals surface area contributed by atoms with Crippen LogP contribution in [0.1, 0.15) is 72.1 Å². The minimum Gasteiger partial charge on any atom is -0.466 e. The Morgan fingerprint density at radius 2 is 1.86 bits per heavy atom. The Hall–Kier alpha value is -0.830. The summed E-state index contributed by atoms with van der Waals surface area (Å²) in [5, 5.41) is 0. The zero-order chi connectivity index (χ0) is 20.6. The number of hydrogen-bond acceptors (Lipinski definition) is 3. The highest BCUT2D eigenvalue weighted by atomic mass is 16.5. The van der Waals surface area contributed by atoms with E-state index in [-0.39, 0.29) is 5.97 Å².